The van der Waals surface area contributed by atoms with Crippen LogP contribution in [0.25, 0.3) is 0 Å². The minimum Gasteiger partial charge on any atom is -0.481 e. The Kier molecular flexibility index (Phi) is 8.42. The number of hydrogen-bond donors (Lipinski definition) is 1. The van der Waals surface area contributed by atoms with E-state index in [1.165, 1.54) is 30.0 Å². The monoisotopic (exact) mass is 514 g/mol. The summed E-state index contributed by atoms with van der Waals surface area (Å²) in [5, 5.41) is 12.6. The summed E-state index contributed by atoms with van der Waals surface area (Å²) in [6.07, 6.45) is 1.14. The number of nitrogens with one attached hydrogen (secondary N) is 1. The maximum Gasteiger partial charge on any atom is 0.234 e. The Morgan fingerprint density at radius 2 is 1.97 bits per heavy atom. The van der Waals surface area contributed by atoms with Crippen LogP contribution in [0, 0.1) is 5.82 Å². The van der Waals surface area contributed by atoms with Crippen molar-refractivity contribution in [2.45, 2.75) is 24.7 Å². The highest BCUT2D eigenvalue weighted by molar-refractivity contribution is 7.99. The molecular weight excluding hydrogens is 498 g/mol. The lowest BCUT2D eigenvalue weighted by Gasteiger charge is -2.16. The van der Waals surface area contributed by atoms with E-state index in [-0.39, 0.29) is 16.7 Å². The molecule has 6 nitrogen and oxygen atoms in total. The Labute approximate surface area is 203 Å². The topological polar surface area (TPSA) is 69.0 Å². The fourth-order valence-electron chi connectivity index (χ4n) is 2.78. The number of allylic oxidation sites excluding steroid dienone is 1. The predicted octanol–water partition coefficient (Wildman–Crippen LogP) is 6.43. The molecule has 1 unspecified atom stereocenters. The van der Waals surface area contributed by atoms with Gasteiger partial charge in [-0.15, -0.1) is 16.8 Å². The highest BCUT2D eigenvalue weighted by Gasteiger charge is 2.20. The van der Waals surface area contributed by atoms with Crippen LogP contribution in [0.5, 0.6) is 5.75 Å². The third-order valence-electron chi connectivity index (χ3n) is 4.10. The van der Waals surface area contributed by atoms with Gasteiger partial charge in [-0.25, -0.2) is 4.39 Å². The van der Waals surface area contributed by atoms with E-state index < -0.39 is 11.9 Å². The third kappa shape index (κ3) is 6.38. The molecule has 0 spiro atoms. The van der Waals surface area contributed by atoms with Gasteiger partial charge in [-0.3, -0.25) is 9.36 Å². The number of thioether (sulfide) groups is 1. The molecule has 1 amide bonds. The number of ether oxygens (including phenoxy) is 1. The maximum absolute atomic E-state index is 13.3. The second-order valence-corrected chi connectivity index (χ2v) is 8.79. The molecule has 3 rings (SSSR count). The number of anilines is 1. The van der Waals surface area contributed by atoms with Crippen molar-refractivity contribution >= 4 is 58.2 Å². The van der Waals surface area contributed by atoms with Gasteiger partial charge in [-0.1, -0.05) is 52.6 Å². The second-order valence-electron chi connectivity index (χ2n) is 6.57. The van der Waals surface area contributed by atoms with Crippen LogP contribution in [0.15, 0.2) is 54.2 Å². The predicted molar refractivity (Wildman–Crippen MR) is 126 cm³/mol. The second kappa shape index (κ2) is 11.0. The number of rotatable bonds is 9. The molecule has 1 heterocycles. The molecule has 0 aliphatic carbocycles. The molecular formula is C21H18Cl3FN4O2S. The molecule has 3 aromatic rings. The van der Waals surface area contributed by atoms with Gasteiger partial charge in [0.1, 0.15) is 11.6 Å². The maximum atomic E-state index is 13.3. The van der Waals surface area contributed by atoms with Crippen LogP contribution in [-0.2, 0) is 11.3 Å². The van der Waals surface area contributed by atoms with Crippen molar-refractivity contribution < 1.29 is 13.9 Å². The first-order valence-corrected chi connectivity index (χ1v) is 11.4. The van der Waals surface area contributed by atoms with Gasteiger partial charge in [0.2, 0.25) is 5.91 Å². The van der Waals surface area contributed by atoms with E-state index in [0.717, 1.165) is 0 Å². The normalized spacial score (nSPS) is 11.8. The van der Waals surface area contributed by atoms with E-state index in [1.54, 1.807) is 35.8 Å². The Balaban J connectivity index is 1.69. The molecule has 0 saturated heterocycles. The van der Waals surface area contributed by atoms with E-state index in [2.05, 4.69) is 22.1 Å². The molecule has 0 aliphatic heterocycles. The van der Waals surface area contributed by atoms with Crippen LogP contribution in [-0.4, -0.2) is 26.4 Å². The van der Waals surface area contributed by atoms with Crippen LogP contribution in [0.2, 0.25) is 15.1 Å². The molecule has 1 aromatic heterocycles. The number of benzene rings is 2. The SMILES string of the molecule is C=CCn1c(SCC(=O)Nc2cc(Cl)cc(Cl)c2)nnc1C(C)Oc1ccc(F)cc1Cl. The molecule has 0 fully saturated rings. The van der Waals surface area contributed by atoms with Crippen LogP contribution in [0.3, 0.4) is 0 Å². The molecule has 2 aromatic carbocycles. The minimum absolute atomic E-state index is 0.0818. The van der Waals surface area contributed by atoms with E-state index in [9.17, 15) is 9.18 Å². The van der Waals surface area contributed by atoms with Gasteiger partial charge in [0, 0.05) is 22.3 Å². The zero-order chi connectivity index (χ0) is 23.3. The fraction of sp³-hybridized carbons (Fsp3) is 0.190. The summed E-state index contributed by atoms with van der Waals surface area (Å²) in [5.74, 6) is 0.197. The average molecular weight is 516 g/mol. The lowest BCUT2D eigenvalue weighted by molar-refractivity contribution is -0.113. The van der Waals surface area contributed by atoms with Crippen molar-refractivity contribution in [2.24, 2.45) is 0 Å². The van der Waals surface area contributed by atoms with Crippen molar-refractivity contribution in [1.82, 2.24) is 14.8 Å². The van der Waals surface area contributed by atoms with Gasteiger partial charge in [-0.2, -0.15) is 0 Å². The van der Waals surface area contributed by atoms with Crippen molar-refractivity contribution in [3.8, 4) is 5.75 Å². The first kappa shape index (κ1) is 24.4. The molecule has 0 radical (unpaired) electrons. The van der Waals surface area contributed by atoms with Crippen LogP contribution in [0.4, 0.5) is 10.1 Å². The van der Waals surface area contributed by atoms with E-state index in [0.29, 0.717) is 39.0 Å². The number of carbonyl (C=O) groups excluding carboxylic acids is 1. The zero-order valence-electron chi connectivity index (χ0n) is 16.8. The van der Waals surface area contributed by atoms with Crippen molar-refractivity contribution in [3.05, 3.63) is 75.8 Å². The molecule has 11 heteroatoms. The smallest absolute Gasteiger partial charge is 0.234 e. The van der Waals surface area contributed by atoms with Gasteiger partial charge in [0.05, 0.1) is 10.8 Å². The highest BCUT2D eigenvalue weighted by Crippen LogP contribution is 2.30. The molecule has 0 bridgehead atoms. The summed E-state index contributed by atoms with van der Waals surface area (Å²) in [6, 6.07) is 8.67. The Morgan fingerprint density at radius 3 is 2.62 bits per heavy atom. The van der Waals surface area contributed by atoms with E-state index in [4.69, 9.17) is 39.5 Å². The quantitative estimate of drug-likeness (QED) is 0.262. The highest BCUT2D eigenvalue weighted by atomic mass is 35.5. The first-order valence-electron chi connectivity index (χ1n) is 9.31. The molecule has 1 N–H and O–H groups in total. The van der Waals surface area contributed by atoms with Gasteiger partial charge >= 0.3 is 0 Å². The minimum atomic E-state index is -0.540. The first-order chi connectivity index (χ1) is 15.3. The van der Waals surface area contributed by atoms with Crippen LogP contribution >= 0.6 is 46.6 Å². The van der Waals surface area contributed by atoms with Crippen LogP contribution in [0.1, 0.15) is 18.9 Å². The summed E-state index contributed by atoms with van der Waals surface area (Å²) in [7, 11) is 0. The third-order valence-corrected chi connectivity index (χ3v) is 5.80. The summed E-state index contributed by atoms with van der Waals surface area (Å²) in [6.45, 7) is 5.93. The fourth-order valence-corrected chi connectivity index (χ4v) is 4.27. The van der Waals surface area contributed by atoms with Gasteiger partial charge in [0.25, 0.3) is 0 Å². The van der Waals surface area contributed by atoms with Crippen molar-refractivity contribution in [2.75, 3.05) is 11.1 Å². The van der Waals surface area contributed by atoms with Gasteiger partial charge in [-0.05, 0) is 43.3 Å². The lowest BCUT2D eigenvalue weighted by atomic mass is 10.3. The van der Waals surface area contributed by atoms with E-state index in [1.807, 2.05) is 0 Å². The van der Waals surface area contributed by atoms with Crippen molar-refractivity contribution in [1.29, 1.82) is 0 Å². The Morgan fingerprint density at radius 1 is 1.25 bits per heavy atom. The molecule has 32 heavy (non-hydrogen) atoms. The van der Waals surface area contributed by atoms with Crippen LogP contribution < -0.4 is 10.1 Å². The van der Waals surface area contributed by atoms with E-state index >= 15 is 0 Å². The molecule has 1 atom stereocenters. The summed E-state index contributed by atoms with van der Waals surface area (Å²) in [4.78, 5) is 12.4. The Bertz CT molecular complexity index is 1120. The zero-order valence-corrected chi connectivity index (χ0v) is 19.9. The van der Waals surface area contributed by atoms with Gasteiger partial charge in [0.15, 0.2) is 17.1 Å². The number of amides is 1. The number of aromatic nitrogens is 3. The number of hydrogen-bond acceptors (Lipinski definition) is 5. The average Bonchev–Trinajstić information content (AvgIpc) is 3.11. The van der Waals surface area contributed by atoms with Crippen molar-refractivity contribution in [3.63, 3.8) is 0 Å². The number of carbonyl (C=O) groups is 1. The molecule has 168 valence electrons. The largest absolute Gasteiger partial charge is 0.481 e. The Hall–Kier alpha value is -2.26. The standard InChI is InChI=1S/C21H18Cl3FN4O2S/c1-3-6-29-20(12(2)31-18-5-4-15(25)10-17(18)24)27-28-21(29)32-11-19(30)26-16-8-13(22)7-14(23)9-16/h3-5,7-10,12H,1,6,11H2,2H3,(H,26,30). The number of halogens is 4. The summed E-state index contributed by atoms with van der Waals surface area (Å²) >= 11 is 19.2. The van der Waals surface area contributed by atoms with Gasteiger partial charge < -0.3 is 10.1 Å². The lowest BCUT2D eigenvalue weighted by Crippen LogP contribution is -2.15. The molecule has 0 aliphatic rings. The summed E-state index contributed by atoms with van der Waals surface area (Å²) < 4.78 is 20.9. The number of nitrogens with zero attached hydrogens (tertiary/aromatic N) is 3. The molecule has 0 saturated carbocycles. The summed E-state index contributed by atoms with van der Waals surface area (Å²) in [5.41, 5.74) is 0.500.